The van der Waals surface area contributed by atoms with Crippen LogP contribution in [0.4, 0.5) is 16.2 Å². The van der Waals surface area contributed by atoms with Gasteiger partial charge in [-0.05, 0) is 43.2 Å². The fourth-order valence-corrected chi connectivity index (χ4v) is 2.73. The second kappa shape index (κ2) is 8.39. The van der Waals surface area contributed by atoms with Crippen molar-refractivity contribution in [1.29, 1.82) is 0 Å². The molecule has 0 saturated heterocycles. The van der Waals surface area contributed by atoms with E-state index in [1.165, 1.54) is 19.1 Å². The number of carbonyl (C=O) groups is 3. The Bertz CT molecular complexity index is 855. The minimum atomic E-state index is -0.490. The summed E-state index contributed by atoms with van der Waals surface area (Å²) < 4.78 is 9.46. The van der Waals surface area contributed by atoms with E-state index in [0.29, 0.717) is 40.3 Å². The molecule has 2 aromatic rings. The van der Waals surface area contributed by atoms with E-state index in [1.807, 2.05) is 6.92 Å². The van der Waals surface area contributed by atoms with Crippen molar-refractivity contribution in [1.82, 2.24) is 4.98 Å². The summed E-state index contributed by atoms with van der Waals surface area (Å²) in [6, 6.07) is 6.72. The van der Waals surface area contributed by atoms with E-state index in [-0.39, 0.29) is 5.91 Å². The summed E-state index contributed by atoms with van der Waals surface area (Å²) in [6.07, 6.45) is 0.0730. The van der Waals surface area contributed by atoms with Gasteiger partial charge in [-0.25, -0.2) is 9.59 Å². The lowest BCUT2D eigenvalue weighted by atomic mass is 10.1. The number of nitrogens with zero attached hydrogens (tertiary/aromatic N) is 1. The number of aromatic nitrogens is 1. The Balaban J connectivity index is 2.22. The van der Waals surface area contributed by atoms with Crippen LogP contribution in [0.1, 0.15) is 39.0 Å². The zero-order chi connectivity index (χ0) is 20.1. The van der Waals surface area contributed by atoms with E-state index < -0.39 is 12.1 Å². The Morgan fingerprint density at radius 2 is 1.74 bits per heavy atom. The number of aryl methyl sites for hydroxylation is 1. The fourth-order valence-electron chi connectivity index (χ4n) is 2.73. The number of esters is 1. The van der Waals surface area contributed by atoms with Crippen LogP contribution >= 0.6 is 0 Å². The van der Waals surface area contributed by atoms with Gasteiger partial charge in [0, 0.05) is 24.1 Å². The zero-order valence-electron chi connectivity index (χ0n) is 16.0. The number of ether oxygens (including phenoxy) is 2. The molecule has 0 fully saturated rings. The summed E-state index contributed by atoms with van der Waals surface area (Å²) >= 11 is 0. The normalized spacial score (nSPS) is 10.3. The number of aromatic amines is 1. The molecule has 1 heterocycles. The largest absolute Gasteiger partial charge is 0.465 e. The van der Waals surface area contributed by atoms with Crippen molar-refractivity contribution in [3.8, 4) is 0 Å². The van der Waals surface area contributed by atoms with Gasteiger partial charge in [0.25, 0.3) is 5.91 Å². The van der Waals surface area contributed by atoms with E-state index >= 15 is 0 Å². The summed E-state index contributed by atoms with van der Waals surface area (Å²) in [7, 11) is 4.20. The SMILES string of the molecule is CCc1[nH]c(C(=O)Nc2ccc(N(C)C(=O)OC)cc2)c(C)c1C(=O)OC. The first kappa shape index (κ1) is 20.0. The van der Waals surface area contributed by atoms with Crippen molar-refractivity contribution in [2.24, 2.45) is 0 Å². The number of amides is 2. The third-order valence-corrected chi connectivity index (χ3v) is 4.26. The average molecular weight is 373 g/mol. The Morgan fingerprint density at radius 1 is 1.11 bits per heavy atom. The average Bonchev–Trinajstić information content (AvgIpc) is 3.03. The van der Waals surface area contributed by atoms with Gasteiger partial charge in [-0.1, -0.05) is 6.92 Å². The topological polar surface area (TPSA) is 101 Å². The van der Waals surface area contributed by atoms with Crippen LogP contribution in [-0.2, 0) is 15.9 Å². The third kappa shape index (κ3) is 4.11. The first-order valence-corrected chi connectivity index (χ1v) is 8.36. The number of carbonyl (C=O) groups excluding carboxylic acids is 3. The molecule has 2 amide bonds. The van der Waals surface area contributed by atoms with Crippen LogP contribution in [-0.4, -0.2) is 44.2 Å². The molecule has 0 atom stereocenters. The molecule has 8 heteroatoms. The van der Waals surface area contributed by atoms with Crippen molar-refractivity contribution in [3.63, 3.8) is 0 Å². The molecule has 27 heavy (non-hydrogen) atoms. The maximum absolute atomic E-state index is 12.6. The van der Waals surface area contributed by atoms with Crippen molar-refractivity contribution in [2.75, 3.05) is 31.5 Å². The van der Waals surface area contributed by atoms with Crippen LogP contribution in [0, 0.1) is 6.92 Å². The molecule has 0 aliphatic heterocycles. The molecule has 2 rings (SSSR count). The quantitative estimate of drug-likeness (QED) is 0.784. The van der Waals surface area contributed by atoms with Crippen molar-refractivity contribution in [2.45, 2.75) is 20.3 Å². The Labute approximate surface area is 157 Å². The van der Waals surface area contributed by atoms with Crippen molar-refractivity contribution >= 4 is 29.3 Å². The standard InChI is InChI=1S/C19H23N3O5/c1-6-14-15(18(24)26-4)11(2)16(21-14)17(23)20-12-7-9-13(10-8-12)22(3)19(25)27-5/h7-10,21H,6H2,1-5H3,(H,20,23). The smallest absolute Gasteiger partial charge is 0.413 e. The Hall–Kier alpha value is -3.29. The number of hydrogen-bond donors (Lipinski definition) is 2. The van der Waals surface area contributed by atoms with Gasteiger partial charge < -0.3 is 19.8 Å². The maximum Gasteiger partial charge on any atom is 0.413 e. The number of rotatable bonds is 5. The predicted octanol–water partition coefficient (Wildman–Crippen LogP) is 3.13. The van der Waals surface area contributed by atoms with Crippen LogP contribution in [0.2, 0.25) is 0 Å². The summed E-state index contributed by atoms with van der Waals surface area (Å²) in [5.41, 5.74) is 3.06. The van der Waals surface area contributed by atoms with E-state index in [9.17, 15) is 14.4 Å². The summed E-state index contributed by atoms with van der Waals surface area (Å²) in [5, 5.41) is 2.77. The second-order valence-electron chi connectivity index (χ2n) is 5.85. The summed E-state index contributed by atoms with van der Waals surface area (Å²) in [6.45, 7) is 3.58. The van der Waals surface area contributed by atoms with Gasteiger partial charge in [0.05, 0.1) is 19.8 Å². The molecule has 0 unspecified atom stereocenters. The minimum Gasteiger partial charge on any atom is -0.465 e. The molecular weight excluding hydrogens is 350 g/mol. The summed E-state index contributed by atoms with van der Waals surface area (Å²) in [4.78, 5) is 40.5. The predicted molar refractivity (Wildman–Crippen MR) is 101 cm³/mol. The van der Waals surface area contributed by atoms with E-state index in [1.54, 1.807) is 38.2 Å². The molecule has 144 valence electrons. The van der Waals surface area contributed by atoms with Crippen LogP contribution in [0.5, 0.6) is 0 Å². The molecule has 0 aliphatic rings. The number of methoxy groups -OCH3 is 2. The van der Waals surface area contributed by atoms with Crippen molar-refractivity contribution < 1.29 is 23.9 Å². The monoisotopic (exact) mass is 373 g/mol. The second-order valence-corrected chi connectivity index (χ2v) is 5.85. The van der Waals surface area contributed by atoms with Gasteiger partial charge in [-0.3, -0.25) is 9.69 Å². The zero-order valence-corrected chi connectivity index (χ0v) is 16.0. The van der Waals surface area contributed by atoms with E-state index in [4.69, 9.17) is 4.74 Å². The lowest BCUT2D eigenvalue weighted by Crippen LogP contribution is -2.25. The highest BCUT2D eigenvalue weighted by Crippen LogP contribution is 2.22. The highest BCUT2D eigenvalue weighted by Gasteiger charge is 2.23. The Morgan fingerprint density at radius 3 is 2.26 bits per heavy atom. The van der Waals surface area contributed by atoms with Gasteiger partial charge >= 0.3 is 12.1 Å². The van der Waals surface area contributed by atoms with E-state index in [2.05, 4.69) is 15.0 Å². The first-order chi connectivity index (χ1) is 12.8. The molecule has 1 aromatic heterocycles. The van der Waals surface area contributed by atoms with Gasteiger partial charge in [-0.15, -0.1) is 0 Å². The third-order valence-electron chi connectivity index (χ3n) is 4.26. The van der Waals surface area contributed by atoms with Crippen LogP contribution in [0.3, 0.4) is 0 Å². The molecule has 1 aromatic carbocycles. The first-order valence-electron chi connectivity index (χ1n) is 8.36. The molecular formula is C19H23N3O5. The van der Waals surface area contributed by atoms with Crippen LogP contribution in [0.25, 0.3) is 0 Å². The summed E-state index contributed by atoms with van der Waals surface area (Å²) in [5.74, 6) is -0.846. The number of benzene rings is 1. The van der Waals surface area contributed by atoms with Crippen molar-refractivity contribution in [3.05, 3.63) is 46.8 Å². The minimum absolute atomic E-state index is 0.308. The molecule has 8 nitrogen and oxygen atoms in total. The molecule has 2 N–H and O–H groups in total. The number of nitrogens with one attached hydrogen (secondary N) is 2. The fraction of sp³-hybridized carbons (Fsp3) is 0.316. The molecule has 0 saturated carbocycles. The maximum atomic E-state index is 12.6. The van der Waals surface area contributed by atoms with Gasteiger partial charge in [0.15, 0.2) is 0 Å². The van der Waals surface area contributed by atoms with Crippen LogP contribution in [0.15, 0.2) is 24.3 Å². The lowest BCUT2D eigenvalue weighted by Gasteiger charge is -2.15. The lowest BCUT2D eigenvalue weighted by molar-refractivity contribution is 0.0599. The van der Waals surface area contributed by atoms with Gasteiger partial charge in [0.2, 0.25) is 0 Å². The highest BCUT2D eigenvalue weighted by atomic mass is 16.5. The Kier molecular flexibility index (Phi) is 6.23. The highest BCUT2D eigenvalue weighted by molar-refractivity contribution is 6.07. The van der Waals surface area contributed by atoms with E-state index in [0.717, 1.165) is 0 Å². The molecule has 0 aliphatic carbocycles. The van der Waals surface area contributed by atoms with Gasteiger partial charge in [0.1, 0.15) is 5.69 Å². The molecule has 0 radical (unpaired) electrons. The van der Waals surface area contributed by atoms with Crippen LogP contribution < -0.4 is 10.2 Å². The number of H-pyrrole nitrogens is 1. The number of hydrogen-bond acceptors (Lipinski definition) is 5. The number of anilines is 2. The van der Waals surface area contributed by atoms with Gasteiger partial charge in [-0.2, -0.15) is 0 Å². The molecule has 0 bridgehead atoms. The molecule has 0 spiro atoms.